The van der Waals surface area contributed by atoms with Crippen LogP contribution >= 0.6 is 0 Å². The summed E-state index contributed by atoms with van der Waals surface area (Å²) in [6.07, 6.45) is -3.64. The zero-order valence-electron chi connectivity index (χ0n) is 17.8. The number of nitrogens with zero attached hydrogens (tertiary/aromatic N) is 2. The molecule has 0 fully saturated rings. The van der Waals surface area contributed by atoms with Crippen molar-refractivity contribution in [2.24, 2.45) is 10.9 Å². The second kappa shape index (κ2) is 10.1. The van der Waals surface area contributed by atoms with Gasteiger partial charge < -0.3 is 20.5 Å². The number of pyridine rings is 1. The number of Topliss-reactive ketones (excluding diaryl/α,β-unsaturated/α-hetero) is 1. The quantitative estimate of drug-likeness (QED) is 0.521. The van der Waals surface area contributed by atoms with Crippen LogP contribution in [0.1, 0.15) is 19.3 Å². The number of carbonyl (C=O) groups excluding carboxylic acids is 1. The van der Waals surface area contributed by atoms with Crippen molar-refractivity contribution in [2.75, 3.05) is 17.2 Å². The van der Waals surface area contributed by atoms with E-state index in [-0.39, 0.29) is 18.7 Å². The average Bonchev–Trinajstić information content (AvgIpc) is 3.02. The first-order chi connectivity index (χ1) is 16.3. The van der Waals surface area contributed by atoms with Gasteiger partial charge in [0.1, 0.15) is 17.5 Å². The molecule has 34 heavy (non-hydrogen) atoms. The molecule has 3 atom stereocenters. The summed E-state index contributed by atoms with van der Waals surface area (Å²) in [5, 5.41) is 15.4. The first kappa shape index (κ1) is 23.5. The highest BCUT2D eigenvalue weighted by Gasteiger charge is 2.35. The number of aliphatic hydroxyl groups excluding tert-OH is 1. The van der Waals surface area contributed by atoms with E-state index < -0.39 is 24.6 Å². The van der Waals surface area contributed by atoms with E-state index >= 15 is 0 Å². The molecular formula is C23H21F3N4O4. The van der Waals surface area contributed by atoms with Gasteiger partial charge in [-0.25, -0.2) is 9.98 Å². The van der Waals surface area contributed by atoms with Crippen molar-refractivity contribution in [3.63, 3.8) is 0 Å². The number of aliphatic imine (C=N–C) groups is 1. The number of ether oxygens (including phenoxy) is 2. The first-order valence-electron chi connectivity index (χ1n) is 10.5. The summed E-state index contributed by atoms with van der Waals surface area (Å²) >= 11 is 0. The molecular weight excluding hydrogens is 453 g/mol. The van der Waals surface area contributed by atoms with Crippen LogP contribution in [0.4, 0.5) is 30.4 Å². The molecule has 0 saturated carbocycles. The number of hydrogen-bond acceptors (Lipinski definition) is 8. The lowest BCUT2D eigenvalue weighted by Crippen LogP contribution is -2.29. The molecule has 0 bridgehead atoms. The number of hydrogen-bond donors (Lipinski definition) is 3. The number of alkyl halides is 3. The topological polar surface area (TPSA) is 105 Å². The Labute approximate surface area is 193 Å². The number of anilines is 2. The zero-order valence-corrected chi connectivity index (χ0v) is 17.8. The predicted molar refractivity (Wildman–Crippen MR) is 118 cm³/mol. The Morgan fingerprint density at radius 3 is 3.00 bits per heavy atom. The number of fused-ring (bicyclic) bond motifs is 1. The number of aromatic nitrogens is 1. The molecule has 3 unspecified atom stereocenters. The predicted octanol–water partition coefficient (Wildman–Crippen LogP) is 4.01. The van der Waals surface area contributed by atoms with Crippen molar-refractivity contribution in [3.05, 3.63) is 36.5 Å². The van der Waals surface area contributed by atoms with Gasteiger partial charge in [0.25, 0.3) is 0 Å². The zero-order chi connectivity index (χ0) is 24.1. The Bertz CT molecular complexity index is 1140. The molecule has 2 aliphatic rings. The minimum atomic E-state index is -4.80. The van der Waals surface area contributed by atoms with Crippen molar-refractivity contribution < 1.29 is 32.5 Å². The van der Waals surface area contributed by atoms with Crippen LogP contribution in [0.25, 0.3) is 0 Å². The number of ketones is 1. The van der Waals surface area contributed by atoms with E-state index in [4.69, 9.17) is 4.74 Å². The fourth-order valence-corrected chi connectivity index (χ4v) is 3.60. The van der Waals surface area contributed by atoms with Crippen molar-refractivity contribution in [1.29, 1.82) is 0 Å². The maximum atomic E-state index is 12.7. The normalized spacial score (nSPS) is 21.4. The van der Waals surface area contributed by atoms with Gasteiger partial charge in [-0.05, 0) is 25.0 Å². The summed E-state index contributed by atoms with van der Waals surface area (Å²) in [6.45, 7) is -0.0659. The van der Waals surface area contributed by atoms with Gasteiger partial charge in [0.05, 0.1) is 12.8 Å². The summed E-state index contributed by atoms with van der Waals surface area (Å²) in [7, 11) is 0. The van der Waals surface area contributed by atoms with Gasteiger partial charge in [-0.2, -0.15) is 0 Å². The molecule has 0 spiro atoms. The van der Waals surface area contributed by atoms with Crippen molar-refractivity contribution in [3.8, 4) is 23.3 Å². The fourth-order valence-electron chi connectivity index (χ4n) is 3.60. The molecule has 178 valence electrons. The highest BCUT2D eigenvalue weighted by molar-refractivity contribution is 5.85. The second-order valence-corrected chi connectivity index (χ2v) is 7.67. The molecule has 4 rings (SSSR count). The van der Waals surface area contributed by atoms with E-state index in [1.54, 1.807) is 30.3 Å². The lowest BCUT2D eigenvalue weighted by atomic mass is 9.94. The Hall–Kier alpha value is -3.62. The van der Waals surface area contributed by atoms with Gasteiger partial charge >= 0.3 is 6.36 Å². The molecule has 1 aromatic carbocycles. The van der Waals surface area contributed by atoms with E-state index in [1.807, 2.05) is 0 Å². The third-order valence-electron chi connectivity index (χ3n) is 5.16. The number of rotatable bonds is 7. The van der Waals surface area contributed by atoms with Gasteiger partial charge in [-0.3, -0.25) is 9.53 Å². The van der Waals surface area contributed by atoms with Crippen molar-refractivity contribution in [1.82, 2.24) is 4.98 Å². The van der Waals surface area contributed by atoms with Crippen LogP contribution in [-0.4, -0.2) is 47.3 Å². The Morgan fingerprint density at radius 1 is 1.32 bits per heavy atom. The summed E-state index contributed by atoms with van der Waals surface area (Å²) in [5.41, 5.74) is 1.03. The maximum absolute atomic E-state index is 12.7. The molecule has 3 N–H and O–H groups in total. The van der Waals surface area contributed by atoms with E-state index in [1.165, 1.54) is 12.4 Å². The van der Waals surface area contributed by atoms with E-state index in [2.05, 4.69) is 37.2 Å². The van der Waals surface area contributed by atoms with Crippen LogP contribution in [-0.2, 0) is 9.53 Å². The number of benzene rings is 1. The minimum Gasteiger partial charge on any atom is -0.455 e. The monoisotopic (exact) mass is 474 g/mol. The molecule has 1 aliphatic heterocycles. The number of halogens is 3. The van der Waals surface area contributed by atoms with Crippen LogP contribution in [0.15, 0.2) is 41.5 Å². The highest BCUT2D eigenvalue weighted by atomic mass is 19.4. The van der Waals surface area contributed by atoms with E-state index in [0.29, 0.717) is 41.5 Å². The molecule has 0 saturated heterocycles. The minimum absolute atomic E-state index is 0.0659. The lowest BCUT2D eigenvalue weighted by Gasteiger charge is -2.19. The molecule has 0 radical (unpaired) electrons. The molecule has 8 nitrogen and oxygen atoms in total. The van der Waals surface area contributed by atoms with Crippen molar-refractivity contribution >= 4 is 29.2 Å². The largest absolute Gasteiger partial charge is 0.523 e. The van der Waals surface area contributed by atoms with Gasteiger partial charge in [0.2, 0.25) is 0 Å². The first-order valence-corrected chi connectivity index (χ1v) is 10.5. The fraction of sp³-hybridized carbons (Fsp3) is 0.348. The molecule has 2 aromatic rings. The number of aliphatic hydroxyl groups is 1. The second-order valence-electron chi connectivity index (χ2n) is 7.67. The van der Waals surface area contributed by atoms with Crippen LogP contribution in [0.2, 0.25) is 0 Å². The maximum Gasteiger partial charge on any atom is 0.523 e. The van der Waals surface area contributed by atoms with Crippen LogP contribution < -0.4 is 15.4 Å². The SMILES string of the molecule is O=C(CNc1cccc(Oc2ccnc3c2N=CC(O)N3)c1)C1CCC#CC(OC(F)(F)F)C1. The van der Waals surface area contributed by atoms with Gasteiger partial charge in [-0.1, -0.05) is 12.0 Å². The van der Waals surface area contributed by atoms with Crippen LogP contribution in [0, 0.1) is 17.8 Å². The molecule has 0 amide bonds. The molecule has 1 aromatic heterocycles. The van der Waals surface area contributed by atoms with Crippen LogP contribution in [0.3, 0.4) is 0 Å². The third kappa shape index (κ3) is 6.24. The highest BCUT2D eigenvalue weighted by Crippen LogP contribution is 2.38. The Kier molecular flexibility index (Phi) is 7.00. The summed E-state index contributed by atoms with van der Waals surface area (Å²) in [6, 6.07) is 8.50. The summed E-state index contributed by atoms with van der Waals surface area (Å²) in [4.78, 5) is 20.9. The van der Waals surface area contributed by atoms with Gasteiger partial charge in [0, 0.05) is 36.4 Å². The third-order valence-corrected chi connectivity index (χ3v) is 5.16. The Balaban J connectivity index is 1.37. The summed E-state index contributed by atoms with van der Waals surface area (Å²) in [5.74, 6) is 5.51. The standard InChI is InChI=1S/C23H21F3N4O4/c24-23(25,26)34-17-6-2-1-4-14(10-17)18(31)12-28-15-5-3-7-16(11-15)33-19-8-9-27-22-21(19)29-13-20(32)30-22/h3,5,7-9,11,13-14,17,20,28,32H,1,4,10,12H2,(H,27,30). The van der Waals surface area contributed by atoms with Crippen LogP contribution in [0.5, 0.6) is 11.5 Å². The molecule has 2 heterocycles. The molecule has 11 heteroatoms. The number of carbonyl (C=O) groups is 1. The van der Waals surface area contributed by atoms with E-state index in [9.17, 15) is 23.1 Å². The lowest BCUT2D eigenvalue weighted by molar-refractivity contribution is -0.336. The average molecular weight is 474 g/mol. The smallest absolute Gasteiger partial charge is 0.455 e. The van der Waals surface area contributed by atoms with E-state index in [0.717, 1.165) is 0 Å². The van der Waals surface area contributed by atoms with Gasteiger partial charge in [0.15, 0.2) is 23.6 Å². The van der Waals surface area contributed by atoms with Gasteiger partial charge in [-0.15, -0.1) is 19.1 Å². The molecule has 1 aliphatic carbocycles. The Morgan fingerprint density at radius 2 is 2.18 bits per heavy atom. The summed E-state index contributed by atoms with van der Waals surface area (Å²) < 4.78 is 47.6. The van der Waals surface area contributed by atoms with Crippen molar-refractivity contribution in [2.45, 2.75) is 38.0 Å². The number of nitrogens with one attached hydrogen (secondary N) is 2.